The number of imidazole rings is 1. The number of carbonyl (C=O) groups is 1. The minimum atomic E-state index is -0.361. The molecule has 2 saturated heterocycles. The van der Waals surface area contributed by atoms with Gasteiger partial charge in [-0.2, -0.15) is 0 Å². The standard InChI is InChI=1S/C11H16N4O2/c16-10(14-3-9-2-13-7-15-9)11-5-12-1-8(11)4-17-6-11/h2,7-8,12H,1,3-6H2,(H,13,15)(H,14,16)/t8-,11-/m0/s1. The van der Waals surface area contributed by atoms with Crippen molar-refractivity contribution in [3.05, 3.63) is 18.2 Å². The molecule has 1 aromatic rings. The van der Waals surface area contributed by atoms with Crippen LogP contribution in [0.4, 0.5) is 0 Å². The van der Waals surface area contributed by atoms with Gasteiger partial charge in [-0.3, -0.25) is 4.79 Å². The van der Waals surface area contributed by atoms with Crippen molar-refractivity contribution in [2.75, 3.05) is 26.3 Å². The van der Waals surface area contributed by atoms with Crippen molar-refractivity contribution >= 4 is 5.91 Å². The number of carbonyl (C=O) groups excluding carboxylic acids is 1. The highest BCUT2D eigenvalue weighted by Crippen LogP contribution is 2.37. The van der Waals surface area contributed by atoms with Gasteiger partial charge >= 0.3 is 0 Å². The Morgan fingerprint density at radius 2 is 2.65 bits per heavy atom. The van der Waals surface area contributed by atoms with Gasteiger partial charge in [-0.1, -0.05) is 0 Å². The van der Waals surface area contributed by atoms with Crippen molar-refractivity contribution < 1.29 is 9.53 Å². The maximum absolute atomic E-state index is 12.3. The van der Waals surface area contributed by atoms with Gasteiger partial charge in [0.15, 0.2) is 0 Å². The van der Waals surface area contributed by atoms with E-state index in [-0.39, 0.29) is 11.3 Å². The molecule has 2 atom stereocenters. The number of H-pyrrole nitrogens is 1. The van der Waals surface area contributed by atoms with E-state index < -0.39 is 0 Å². The summed E-state index contributed by atoms with van der Waals surface area (Å²) < 4.78 is 5.45. The fourth-order valence-corrected chi connectivity index (χ4v) is 2.64. The lowest BCUT2D eigenvalue weighted by Gasteiger charge is -2.24. The molecule has 0 aromatic carbocycles. The van der Waals surface area contributed by atoms with Crippen LogP contribution in [0, 0.1) is 11.3 Å². The summed E-state index contributed by atoms with van der Waals surface area (Å²) in [6.45, 7) is 3.29. The van der Waals surface area contributed by atoms with Crippen molar-refractivity contribution in [2.45, 2.75) is 6.54 Å². The van der Waals surface area contributed by atoms with E-state index >= 15 is 0 Å². The number of aromatic amines is 1. The van der Waals surface area contributed by atoms with Crippen LogP contribution in [-0.4, -0.2) is 42.2 Å². The molecule has 0 saturated carbocycles. The van der Waals surface area contributed by atoms with Crippen LogP contribution < -0.4 is 10.6 Å². The quantitative estimate of drug-likeness (QED) is 0.646. The molecule has 0 radical (unpaired) electrons. The fraction of sp³-hybridized carbons (Fsp3) is 0.636. The predicted molar refractivity (Wildman–Crippen MR) is 60.0 cm³/mol. The van der Waals surface area contributed by atoms with Gasteiger partial charge in [0.05, 0.1) is 37.2 Å². The molecule has 0 aliphatic carbocycles. The zero-order chi connectivity index (χ0) is 11.7. The Hall–Kier alpha value is -1.40. The molecule has 3 heterocycles. The molecule has 3 rings (SSSR count). The predicted octanol–water partition coefficient (Wildman–Crippen LogP) is -0.738. The van der Waals surface area contributed by atoms with Crippen LogP contribution in [0.1, 0.15) is 5.69 Å². The second-order valence-corrected chi connectivity index (χ2v) is 4.76. The molecule has 2 aliphatic rings. The van der Waals surface area contributed by atoms with E-state index in [0.29, 0.717) is 32.2 Å². The molecular weight excluding hydrogens is 220 g/mol. The smallest absolute Gasteiger partial charge is 0.230 e. The molecule has 6 heteroatoms. The number of rotatable bonds is 3. The van der Waals surface area contributed by atoms with E-state index in [4.69, 9.17) is 4.74 Å². The first-order valence-corrected chi connectivity index (χ1v) is 5.85. The number of hydrogen-bond donors (Lipinski definition) is 3. The number of fused-ring (bicyclic) bond motifs is 1. The molecule has 0 unspecified atom stereocenters. The lowest BCUT2D eigenvalue weighted by atomic mass is 9.80. The van der Waals surface area contributed by atoms with Crippen molar-refractivity contribution in [3.63, 3.8) is 0 Å². The lowest BCUT2D eigenvalue weighted by Crippen LogP contribution is -2.46. The summed E-state index contributed by atoms with van der Waals surface area (Å²) in [5.41, 5.74) is 0.552. The third kappa shape index (κ3) is 1.73. The van der Waals surface area contributed by atoms with E-state index in [1.165, 1.54) is 0 Å². The van der Waals surface area contributed by atoms with Gasteiger partial charge in [0, 0.05) is 25.2 Å². The zero-order valence-electron chi connectivity index (χ0n) is 9.53. The summed E-state index contributed by atoms with van der Waals surface area (Å²) in [6.07, 6.45) is 3.33. The first kappa shape index (κ1) is 10.7. The molecule has 2 fully saturated rings. The molecule has 3 N–H and O–H groups in total. The minimum absolute atomic E-state index is 0.0830. The van der Waals surface area contributed by atoms with E-state index in [2.05, 4.69) is 20.6 Å². The van der Waals surface area contributed by atoms with Gasteiger partial charge in [0.2, 0.25) is 5.91 Å². The molecule has 1 amide bonds. The highest BCUT2D eigenvalue weighted by Gasteiger charge is 2.52. The summed E-state index contributed by atoms with van der Waals surface area (Å²) in [5, 5.41) is 6.24. The van der Waals surface area contributed by atoms with Crippen molar-refractivity contribution in [1.82, 2.24) is 20.6 Å². The molecule has 92 valence electrons. The van der Waals surface area contributed by atoms with Crippen LogP contribution in [-0.2, 0) is 16.1 Å². The maximum atomic E-state index is 12.3. The summed E-state index contributed by atoms with van der Waals surface area (Å²) >= 11 is 0. The van der Waals surface area contributed by atoms with E-state index in [1.54, 1.807) is 12.5 Å². The highest BCUT2D eigenvalue weighted by atomic mass is 16.5. The van der Waals surface area contributed by atoms with E-state index in [1.807, 2.05) is 0 Å². The Morgan fingerprint density at radius 3 is 3.47 bits per heavy atom. The first-order valence-electron chi connectivity index (χ1n) is 5.85. The number of amides is 1. The minimum Gasteiger partial charge on any atom is -0.380 e. The third-order valence-electron chi connectivity index (χ3n) is 3.74. The summed E-state index contributed by atoms with van der Waals surface area (Å²) in [5.74, 6) is 0.392. The summed E-state index contributed by atoms with van der Waals surface area (Å²) in [4.78, 5) is 19.2. The number of aromatic nitrogens is 2. The second kappa shape index (κ2) is 4.12. The van der Waals surface area contributed by atoms with Crippen LogP contribution in [0.25, 0.3) is 0 Å². The lowest BCUT2D eigenvalue weighted by molar-refractivity contribution is -0.131. The average Bonchev–Trinajstić information content (AvgIpc) is 3.01. The number of nitrogens with zero attached hydrogens (tertiary/aromatic N) is 1. The molecule has 1 aromatic heterocycles. The topological polar surface area (TPSA) is 79.0 Å². The van der Waals surface area contributed by atoms with E-state index in [9.17, 15) is 4.79 Å². The molecule has 6 nitrogen and oxygen atoms in total. The van der Waals surface area contributed by atoms with Gasteiger partial charge in [-0.15, -0.1) is 0 Å². The zero-order valence-corrected chi connectivity index (χ0v) is 9.53. The number of ether oxygens (including phenoxy) is 1. The molecule has 0 spiro atoms. The van der Waals surface area contributed by atoms with Gasteiger partial charge in [0.1, 0.15) is 0 Å². The number of hydrogen-bond acceptors (Lipinski definition) is 4. The number of nitrogens with one attached hydrogen (secondary N) is 3. The SMILES string of the molecule is O=C(NCc1cnc[nH]1)[C@]12CNC[C@H]1COC2. The Bertz CT molecular complexity index is 394. The Kier molecular flexibility index (Phi) is 2.60. The van der Waals surface area contributed by atoms with Crippen molar-refractivity contribution in [1.29, 1.82) is 0 Å². The Labute approximate surface area is 99.1 Å². The van der Waals surface area contributed by atoms with Crippen molar-refractivity contribution in [3.8, 4) is 0 Å². The Morgan fingerprint density at radius 1 is 1.71 bits per heavy atom. The van der Waals surface area contributed by atoms with Crippen LogP contribution in [0.2, 0.25) is 0 Å². The van der Waals surface area contributed by atoms with Crippen LogP contribution in [0.5, 0.6) is 0 Å². The maximum Gasteiger partial charge on any atom is 0.230 e. The highest BCUT2D eigenvalue weighted by molar-refractivity contribution is 5.84. The normalized spacial score (nSPS) is 31.4. The average molecular weight is 236 g/mol. The monoisotopic (exact) mass is 236 g/mol. The first-order chi connectivity index (χ1) is 8.31. The third-order valence-corrected chi connectivity index (χ3v) is 3.74. The summed E-state index contributed by atoms with van der Waals surface area (Å²) in [7, 11) is 0. The largest absolute Gasteiger partial charge is 0.380 e. The second-order valence-electron chi connectivity index (χ2n) is 4.76. The van der Waals surface area contributed by atoms with Gasteiger partial charge < -0.3 is 20.4 Å². The van der Waals surface area contributed by atoms with Crippen LogP contribution in [0.15, 0.2) is 12.5 Å². The molecule has 17 heavy (non-hydrogen) atoms. The van der Waals surface area contributed by atoms with E-state index in [0.717, 1.165) is 12.2 Å². The molecule has 2 aliphatic heterocycles. The van der Waals surface area contributed by atoms with Gasteiger partial charge in [-0.25, -0.2) is 4.98 Å². The van der Waals surface area contributed by atoms with Crippen molar-refractivity contribution in [2.24, 2.45) is 11.3 Å². The molecular formula is C11H16N4O2. The fourth-order valence-electron chi connectivity index (χ4n) is 2.64. The van der Waals surface area contributed by atoms with Gasteiger partial charge in [0.25, 0.3) is 0 Å². The van der Waals surface area contributed by atoms with Gasteiger partial charge in [-0.05, 0) is 0 Å². The molecule has 0 bridgehead atoms. The summed E-state index contributed by atoms with van der Waals surface area (Å²) in [6, 6.07) is 0. The Balaban J connectivity index is 1.65. The van der Waals surface area contributed by atoms with Crippen LogP contribution in [0.3, 0.4) is 0 Å². The van der Waals surface area contributed by atoms with Crippen LogP contribution >= 0.6 is 0 Å².